The van der Waals surface area contributed by atoms with E-state index in [9.17, 15) is 19.2 Å². The van der Waals surface area contributed by atoms with E-state index < -0.39 is 23.0 Å². The van der Waals surface area contributed by atoms with Crippen LogP contribution in [-0.4, -0.2) is 34.6 Å². The molecular formula is C29H22ClN3O5S2. The van der Waals surface area contributed by atoms with Crippen LogP contribution in [0.3, 0.4) is 0 Å². The number of amides is 3. The summed E-state index contributed by atoms with van der Waals surface area (Å²) in [5.41, 5.74) is 1.83. The molecular weight excluding hydrogens is 570 g/mol. The second kappa shape index (κ2) is 10.6. The lowest BCUT2D eigenvalue weighted by Gasteiger charge is -2.30. The standard InChI is InChI=1S/C29H22ClN3O5S2/c1-38-20-13-11-18(12-14-20)31-21(34)15-32-28-25(40-29(32)37)22(16-7-9-17(30)10-8-16)23-24(39-28)27(36)33(26(23)35)19-5-3-2-4-6-19/h2-14,22-24H,15H2,1H3,(H,31,34)/t22-,23?,24?/m1/s1. The average Bonchev–Trinajstić information content (AvgIpc) is 3.40. The zero-order valence-electron chi connectivity index (χ0n) is 21.1. The van der Waals surface area contributed by atoms with Gasteiger partial charge in [0.15, 0.2) is 0 Å². The molecule has 11 heteroatoms. The number of hydrogen-bond acceptors (Lipinski definition) is 7. The van der Waals surface area contributed by atoms with Gasteiger partial charge in [-0.3, -0.25) is 23.7 Å². The first-order valence-corrected chi connectivity index (χ1v) is 14.5. The molecule has 0 aliphatic carbocycles. The van der Waals surface area contributed by atoms with E-state index in [2.05, 4.69) is 5.32 Å². The van der Waals surface area contributed by atoms with E-state index in [0.717, 1.165) is 16.9 Å². The fraction of sp³-hybridized carbons (Fsp3) is 0.172. The molecule has 8 nitrogen and oxygen atoms in total. The minimum absolute atomic E-state index is 0.237. The van der Waals surface area contributed by atoms with Gasteiger partial charge in [-0.1, -0.05) is 65.0 Å². The van der Waals surface area contributed by atoms with Crippen molar-refractivity contribution in [3.63, 3.8) is 0 Å². The Bertz CT molecular complexity index is 1670. The molecule has 6 rings (SSSR count). The molecule has 3 atom stereocenters. The number of hydrogen-bond donors (Lipinski definition) is 1. The fourth-order valence-corrected chi connectivity index (χ4v) is 8.03. The number of thioether (sulfide) groups is 1. The lowest BCUT2D eigenvalue weighted by molar-refractivity contribution is -0.122. The van der Waals surface area contributed by atoms with Crippen molar-refractivity contribution in [3.05, 3.63) is 104 Å². The van der Waals surface area contributed by atoms with Crippen LogP contribution >= 0.6 is 34.7 Å². The number of ether oxygens (including phenoxy) is 1. The first-order chi connectivity index (χ1) is 19.4. The number of thiazole rings is 1. The molecule has 3 amide bonds. The molecule has 2 aliphatic heterocycles. The Morgan fingerprint density at radius 1 is 0.950 bits per heavy atom. The summed E-state index contributed by atoms with van der Waals surface area (Å²) in [6.07, 6.45) is 0. The highest BCUT2D eigenvalue weighted by Crippen LogP contribution is 2.53. The highest BCUT2D eigenvalue weighted by atomic mass is 35.5. The van der Waals surface area contributed by atoms with Crippen molar-refractivity contribution in [2.45, 2.75) is 22.7 Å². The quantitative estimate of drug-likeness (QED) is 0.317. The molecule has 0 bridgehead atoms. The van der Waals surface area contributed by atoms with Gasteiger partial charge in [0.05, 0.1) is 23.7 Å². The topological polar surface area (TPSA) is 97.7 Å². The van der Waals surface area contributed by atoms with E-state index in [4.69, 9.17) is 16.3 Å². The van der Waals surface area contributed by atoms with Crippen molar-refractivity contribution in [2.75, 3.05) is 17.3 Å². The van der Waals surface area contributed by atoms with Gasteiger partial charge in [-0.2, -0.15) is 0 Å². The number of imide groups is 1. The number of carbonyl (C=O) groups is 3. The Morgan fingerprint density at radius 3 is 2.33 bits per heavy atom. The number of aromatic nitrogens is 1. The minimum Gasteiger partial charge on any atom is -0.497 e. The van der Waals surface area contributed by atoms with Crippen molar-refractivity contribution in [2.24, 2.45) is 5.92 Å². The van der Waals surface area contributed by atoms with E-state index >= 15 is 0 Å². The Balaban J connectivity index is 1.38. The molecule has 0 spiro atoms. The van der Waals surface area contributed by atoms with Crippen LogP contribution < -0.4 is 19.8 Å². The van der Waals surface area contributed by atoms with Crippen LogP contribution in [0, 0.1) is 5.92 Å². The van der Waals surface area contributed by atoms with Gasteiger partial charge in [-0.25, -0.2) is 4.90 Å². The van der Waals surface area contributed by atoms with Crippen LogP contribution in [0.25, 0.3) is 0 Å². The van der Waals surface area contributed by atoms with Gasteiger partial charge in [-0.05, 0) is 54.1 Å². The third-order valence-electron chi connectivity index (χ3n) is 6.97. The van der Waals surface area contributed by atoms with E-state index in [0.29, 0.717) is 32.1 Å². The Morgan fingerprint density at radius 2 is 1.65 bits per heavy atom. The molecule has 3 heterocycles. The first-order valence-electron chi connectivity index (χ1n) is 12.4. The highest BCUT2D eigenvalue weighted by Gasteiger charge is 2.56. The Hall–Kier alpha value is -3.86. The summed E-state index contributed by atoms with van der Waals surface area (Å²) in [4.78, 5) is 55.4. The predicted octanol–water partition coefficient (Wildman–Crippen LogP) is 5.01. The van der Waals surface area contributed by atoms with Crippen LogP contribution in [-0.2, 0) is 20.9 Å². The average molecular weight is 592 g/mol. The maximum atomic E-state index is 13.8. The SMILES string of the molecule is COc1ccc(NC(=O)Cn2c3c(sc2=O)[C@H](c2ccc(Cl)cc2)C2C(=O)N(c4ccccc4)C(=O)C2S3)cc1. The molecule has 2 unspecified atom stereocenters. The van der Waals surface area contributed by atoms with E-state index in [1.807, 2.05) is 18.2 Å². The molecule has 2 aliphatic rings. The predicted molar refractivity (Wildman–Crippen MR) is 156 cm³/mol. The minimum atomic E-state index is -0.759. The molecule has 1 aromatic heterocycles. The lowest BCUT2D eigenvalue weighted by Crippen LogP contribution is -2.33. The molecule has 1 saturated heterocycles. The number of methoxy groups -OCH3 is 1. The fourth-order valence-electron chi connectivity index (χ4n) is 5.13. The summed E-state index contributed by atoms with van der Waals surface area (Å²) >= 11 is 8.33. The summed E-state index contributed by atoms with van der Waals surface area (Å²) in [7, 11) is 1.56. The van der Waals surface area contributed by atoms with E-state index in [-0.39, 0.29) is 23.2 Å². The summed E-state index contributed by atoms with van der Waals surface area (Å²) in [6, 6.07) is 22.8. The second-order valence-corrected chi connectivity index (χ2v) is 11.9. The van der Waals surface area contributed by atoms with Crippen molar-refractivity contribution in [3.8, 4) is 5.75 Å². The van der Waals surface area contributed by atoms with Gasteiger partial charge in [0, 0.05) is 21.5 Å². The number of carbonyl (C=O) groups excluding carboxylic acids is 3. The van der Waals surface area contributed by atoms with E-state index in [1.54, 1.807) is 67.8 Å². The van der Waals surface area contributed by atoms with Gasteiger partial charge in [0.1, 0.15) is 17.5 Å². The largest absolute Gasteiger partial charge is 0.497 e. The van der Waals surface area contributed by atoms with Crippen LogP contribution in [0.5, 0.6) is 5.75 Å². The van der Waals surface area contributed by atoms with Crippen molar-refractivity contribution in [1.29, 1.82) is 0 Å². The summed E-state index contributed by atoms with van der Waals surface area (Å²) in [5.74, 6) is -1.66. The molecule has 3 aromatic carbocycles. The highest BCUT2D eigenvalue weighted by molar-refractivity contribution is 8.00. The number of nitrogens with zero attached hydrogens (tertiary/aromatic N) is 2. The smallest absolute Gasteiger partial charge is 0.308 e. The summed E-state index contributed by atoms with van der Waals surface area (Å²) in [6.45, 7) is -0.237. The maximum Gasteiger partial charge on any atom is 0.308 e. The number of rotatable bonds is 6. The van der Waals surface area contributed by atoms with Gasteiger partial charge in [0.25, 0.3) is 0 Å². The molecule has 1 fully saturated rings. The lowest BCUT2D eigenvalue weighted by atomic mass is 9.83. The van der Waals surface area contributed by atoms with Crippen LogP contribution in [0.4, 0.5) is 11.4 Å². The van der Waals surface area contributed by atoms with Gasteiger partial charge >= 0.3 is 4.87 Å². The zero-order valence-corrected chi connectivity index (χ0v) is 23.5. The molecule has 0 saturated carbocycles. The molecule has 1 N–H and O–H groups in total. The van der Waals surface area contributed by atoms with Crippen LogP contribution in [0.2, 0.25) is 5.02 Å². The molecule has 0 radical (unpaired) electrons. The number of anilines is 2. The third kappa shape index (κ3) is 4.61. The molecule has 202 valence electrons. The number of para-hydroxylation sites is 1. The van der Waals surface area contributed by atoms with Gasteiger partial charge in [-0.15, -0.1) is 0 Å². The Labute approximate surface area is 242 Å². The van der Waals surface area contributed by atoms with Crippen molar-refractivity contribution >= 4 is 63.8 Å². The third-order valence-corrected chi connectivity index (χ3v) is 9.82. The maximum absolute atomic E-state index is 13.8. The van der Waals surface area contributed by atoms with Crippen LogP contribution in [0.1, 0.15) is 16.4 Å². The number of benzene rings is 3. The first kappa shape index (κ1) is 26.4. The normalized spacial score (nSPS) is 19.8. The number of nitrogens with one attached hydrogen (secondary N) is 1. The van der Waals surface area contributed by atoms with Crippen molar-refractivity contribution < 1.29 is 19.1 Å². The molecule has 4 aromatic rings. The van der Waals surface area contributed by atoms with E-state index in [1.165, 1.54) is 21.2 Å². The number of halogens is 1. The summed E-state index contributed by atoms with van der Waals surface area (Å²) in [5, 5.41) is 3.10. The monoisotopic (exact) mass is 591 g/mol. The summed E-state index contributed by atoms with van der Waals surface area (Å²) < 4.78 is 6.55. The Kier molecular flexibility index (Phi) is 6.99. The second-order valence-electron chi connectivity index (χ2n) is 9.34. The number of fused-ring (bicyclic) bond motifs is 2. The van der Waals surface area contributed by atoms with Gasteiger partial charge in [0.2, 0.25) is 17.7 Å². The zero-order chi connectivity index (χ0) is 28.0. The molecule has 40 heavy (non-hydrogen) atoms. The van der Waals surface area contributed by atoms with Crippen LogP contribution in [0.15, 0.2) is 88.7 Å². The van der Waals surface area contributed by atoms with Crippen molar-refractivity contribution in [1.82, 2.24) is 4.57 Å². The van der Waals surface area contributed by atoms with Gasteiger partial charge < -0.3 is 10.1 Å².